The highest BCUT2D eigenvalue weighted by Crippen LogP contribution is 2.21. The number of amides is 1. The molecule has 1 heterocycles. The highest BCUT2D eigenvalue weighted by Gasteiger charge is 2.17. The summed E-state index contributed by atoms with van der Waals surface area (Å²) in [6.07, 6.45) is 8.17. The molecule has 1 aromatic heterocycles. The quantitative estimate of drug-likeness (QED) is 0.889. The largest absolute Gasteiger partial charge is 0.381 e. The van der Waals surface area contributed by atoms with Gasteiger partial charge in [0.15, 0.2) is 0 Å². The van der Waals surface area contributed by atoms with E-state index in [0.717, 1.165) is 5.69 Å². The molecule has 0 aliphatic heterocycles. The molecule has 1 fully saturated rings. The topological polar surface area (TPSA) is 54.0 Å². The first-order chi connectivity index (χ1) is 9.44. The first-order valence-electron chi connectivity index (χ1n) is 7.49. The molecule has 1 aromatic rings. The Balaban J connectivity index is 1.93. The molecule has 0 bridgehead atoms. The summed E-state index contributed by atoms with van der Waals surface area (Å²) < 4.78 is 0. The number of hydrogen-bond donors (Lipinski definition) is 2. The summed E-state index contributed by atoms with van der Waals surface area (Å²) in [6.45, 7) is 5.89. The standard InChI is InChI=1S/C16H25N3O/c1-16(2,3)19-15(20)14-10-9-13(11-17-14)18-12-7-5-4-6-8-12/h9-12,18H,4-8H2,1-3H3,(H,19,20). The highest BCUT2D eigenvalue weighted by molar-refractivity contribution is 5.92. The number of carbonyl (C=O) groups is 1. The summed E-state index contributed by atoms with van der Waals surface area (Å²) in [4.78, 5) is 16.2. The van der Waals surface area contributed by atoms with Crippen molar-refractivity contribution in [1.82, 2.24) is 10.3 Å². The Hall–Kier alpha value is -1.58. The average Bonchev–Trinajstić information content (AvgIpc) is 2.39. The third kappa shape index (κ3) is 4.51. The molecule has 2 rings (SSSR count). The van der Waals surface area contributed by atoms with Gasteiger partial charge in [-0.1, -0.05) is 19.3 Å². The predicted octanol–water partition coefficient (Wildman–Crippen LogP) is 3.35. The maximum atomic E-state index is 12.0. The van der Waals surface area contributed by atoms with E-state index in [9.17, 15) is 4.79 Å². The fraction of sp³-hybridized carbons (Fsp3) is 0.625. The Morgan fingerprint density at radius 3 is 2.45 bits per heavy atom. The van der Waals surface area contributed by atoms with Crippen LogP contribution in [-0.4, -0.2) is 22.5 Å². The minimum absolute atomic E-state index is 0.123. The van der Waals surface area contributed by atoms with Crippen LogP contribution in [0, 0.1) is 0 Å². The second-order valence-corrected chi connectivity index (χ2v) is 6.62. The lowest BCUT2D eigenvalue weighted by atomic mass is 9.95. The van der Waals surface area contributed by atoms with Crippen molar-refractivity contribution in [3.05, 3.63) is 24.0 Å². The summed E-state index contributed by atoms with van der Waals surface area (Å²) in [5, 5.41) is 6.42. The molecule has 0 atom stereocenters. The molecule has 4 heteroatoms. The van der Waals surface area contributed by atoms with Crippen LogP contribution < -0.4 is 10.6 Å². The van der Waals surface area contributed by atoms with Crippen molar-refractivity contribution in [2.24, 2.45) is 0 Å². The van der Waals surface area contributed by atoms with Gasteiger partial charge in [-0.15, -0.1) is 0 Å². The number of pyridine rings is 1. The van der Waals surface area contributed by atoms with Crippen LogP contribution >= 0.6 is 0 Å². The molecule has 110 valence electrons. The molecule has 1 saturated carbocycles. The van der Waals surface area contributed by atoms with Crippen LogP contribution in [0.3, 0.4) is 0 Å². The third-order valence-corrected chi connectivity index (χ3v) is 3.46. The molecule has 2 N–H and O–H groups in total. The normalized spacial score (nSPS) is 16.8. The molecule has 20 heavy (non-hydrogen) atoms. The van der Waals surface area contributed by atoms with Crippen molar-refractivity contribution in [1.29, 1.82) is 0 Å². The Bertz CT molecular complexity index is 442. The number of aromatic nitrogens is 1. The van der Waals surface area contributed by atoms with Crippen LogP contribution in [0.1, 0.15) is 63.4 Å². The zero-order valence-electron chi connectivity index (χ0n) is 12.7. The van der Waals surface area contributed by atoms with E-state index in [1.165, 1.54) is 32.1 Å². The second kappa shape index (κ2) is 6.25. The molecular weight excluding hydrogens is 250 g/mol. The van der Waals surface area contributed by atoms with E-state index in [0.29, 0.717) is 11.7 Å². The van der Waals surface area contributed by atoms with Gasteiger partial charge in [-0.25, -0.2) is 4.98 Å². The Kier molecular flexibility index (Phi) is 4.63. The van der Waals surface area contributed by atoms with Gasteiger partial charge in [-0.2, -0.15) is 0 Å². The van der Waals surface area contributed by atoms with E-state index in [4.69, 9.17) is 0 Å². The number of rotatable bonds is 3. The molecule has 1 amide bonds. The van der Waals surface area contributed by atoms with Gasteiger partial charge in [0, 0.05) is 11.6 Å². The minimum Gasteiger partial charge on any atom is -0.381 e. The summed E-state index contributed by atoms with van der Waals surface area (Å²) in [7, 11) is 0. The molecular formula is C16H25N3O. The average molecular weight is 275 g/mol. The molecule has 0 radical (unpaired) electrons. The van der Waals surface area contributed by atoms with Crippen LogP contribution in [0.15, 0.2) is 18.3 Å². The van der Waals surface area contributed by atoms with Gasteiger partial charge < -0.3 is 10.6 Å². The van der Waals surface area contributed by atoms with E-state index < -0.39 is 0 Å². The van der Waals surface area contributed by atoms with Gasteiger partial charge >= 0.3 is 0 Å². The molecule has 0 spiro atoms. The number of anilines is 1. The summed E-state index contributed by atoms with van der Waals surface area (Å²) in [6, 6.07) is 4.28. The van der Waals surface area contributed by atoms with Crippen molar-refractivity contribution in [3.63, 3.8) is 0 Å². The molecule has 1 aliphatic rings. The van der Waals surface area contributed by atoms with Gasteiger partial charge in [0.2, 0.25) is 0 Å². The van der Waals surface area contributed by atoms with Crippen LogP contribution in [0.2, 0.25) is 0 Å². The zero-order valence-corrected chi connectivity index (χ0v) is 12.7. The van der Waals surface area contributed by atoms with E-state index >= 15 is 0 Å². The first kappa shape index (κ1) is 14.8. The van der Waals surface area contributed by atoms with Gasteiger partial charge in [0.05, 0.1) is 11.9 Å². The number of carbonyl (C=O) groups excluding carboxylic acids is 1. The lowest BCUT2D eigenvalue weighted by Crippen LogP contribution is -2.40. The van der Waals surface area contributed by atoms with Crippen LogP contribution in [-0.2, 0) is 0 Å². The molecule has 0 unspecified atom stereocenters. The van der Waals surface area contributed by atoms with Crippen LogP contribution in [0.4, 0.5) is 5.69 Å². The van der Waals surface area contributed by atoms with Crippen LogP contribution in [0.5, 0.6) is 0 Å². The summed E-state index contributed by atoms with van der Waals surface area (Å²) in [5.41, 5.74) is 1.23. The fourth-order valence-corrected chi connectivity index (χ4v) is 2.50. The van der Waals surface area contributed by atoms with Crippen molar-refractivity contribution in [3.8, 4) is 0 Å². The molecule has 0 aromatic carbocycles. The third-order valence-electron chi connectivity index (χ3n) is 3.46. The van der Waals surface area contributed by atoms with E-state index in [2.05, 4.69) is 15.6 Å². The van der Waals surface area contributed by atoms with Crippen molar-refractivity contribution >= 4 is 11.6 Å². The Morgan fingerprint density at radius 1 is 1.20 bits per heavy atom. The monoisotopic (exact) mass is 275 g/mol. The maximum Gasteiger partial charge on any atom is 0.270 e. The van der Waals surface area contributed by atoms with Crippen molar-refractivity contribution in [2.45, 2.75) is 64.5 Å². The summed E-state index contributed by atoms with van der Waals surface area (Å²) >= 11 is 0. The smallest absolute Gasteiger partial charge is 0.270 e. The predicted molar refractivity (Wildman–Crippen MR) is 82.0 cm³/mol. The lowest BCUT2D eigenvalue weighted by molar-refractivity contribution is 0.0914. The number of nitrogens with one attached hydrogen (secondary N) is 2. The van der Waals surface area contributed by atoms with Gasteiger partial charge in [-0.05, 0) is 45.7 Å². The zero-order chi connectivity index (χ0) is 14.6. The van der Waals surface area contributed by atoms with E-state index in [-0.39, 0.29) is 11.4 Å². The van der Waals surface area contributed by atoms with Crippen molar-refractivity contribution in [2.75, 3.05) is 5.32 Å². The summed E-state index contributed by atoms with van der Waals surface area (Å²) in [5.74, 6) is -0.123. The Labute approximate surface area is 121 Å². The number of nitrogens with zero attached hydrogens (tertiary/aromatic N) is 1. The van der Waals surface area contributed by atoms with Gasteiger partial charge in [-0.3, -0.25) is 4.79 Å². The van der Waals surface area contributed by atoms with E-state index in [1.54, 1.807) is 12.3 Å². The molecule has 0 saturated heterocycles. The SMILES string of the molecule is CC(C)(C)NC(=O)c1ccc(NC2CCCCC2)cn1. The second-order valence-electron chi connectivity index (χ2n) is 6.62. The maximum absolute atomic E-state index is 12.0. The van der Waals surface area contributed by atoms with Gasteiger partial charge in [0.1, 0.15) is 5.69 Å². The van der Waals surface area contributed by atoms with Gasteiger partial charge in [0.25, 0.3) is 5.91 Å². The lowest BCUT2D eigenvalue weighted by Gasteiger charge is -2.24. The van der Waals surface area contributed by atoms with E-state index in [1.807, 2.05) is 26.8 Å². The fourth-order valence-electron chi connectivity index (χ4n) is 2.50. The molecule has 1 aliphatic carbocycles. The number of hydrogen-bond acceptors (Lipinski definition) is 3. The molecule has 4 nitrogen and oxygen atoms in total. The first-order valence-corrected chi connectivity index (χ1v) is 7.49. The van der Waals surface area contributed by atoms with Crippen LogP contribution in [0.25, 0.3) is 0 Å². The minimum atomic E-state index is -0.238. The van der Waals surface area contributed by atoms with Crippen molar-refractivity contribution < 1.29 is 4.79 Å². The Morgan fingerprint density at radius 2 is 1.90 bits per heavy atom. The highest BCUT2D eigenvalue weighted by atomic mass is 16.2.